The molecule has 0 aliphatic rings. The number of nitriles is 1. The molecule has 0 saturated carbocycles. The first-order valence-corrected chi connectivity index (χ1v) is 5.80. The number of nitrogens with zero attached hydrogens (tertiary/aromatic N) is 2. The standard InChI is InChI=1S/C15H12N2O2/c1-11(18)13-7-9-17-15(10-13)19-14-4-2-12(3-5-14)6-8-16/h2-5,7,9-10H,6H2,1H3. The van der Waals surface area contributed by atoms with Gasteiger partial charge in [-0.15, -0.1) is 0 Å². The molecule has 0 spiro atoms. The zero-order valence-corrected chi connectivity index (χ0v) is 10.5. The van der Waals surface area contributed by atoms with E-state index in [2.05, 4.69) is 11.1 Å². The number of aromatic nitrogens is 1. The van der Waals surface area contributed by atoms with Crippen molar-refractivity contribution in [1.82, 2.24) is 4.98 Å². The Morgan fingerprint density at radius 2 is 2.05 bits per heavy atom. The van der Waals surface area contributed by atoms with Crippen molar-refractivity contribution in [1.29, 1.82) is 5.26 Å². The van der Waals surface area contributed by atoms with E-state index in [9.17, 15) is 4.79 Å². The summed E-state index contributed by atoms with van der Waals surface area (Å²) in [7, 11) is 0. The van der Waals surface area contributed by atoms with Crippen LogP contribution in [0.25, 0.3) is 0 Å². The van der Waals surface area contributed by atoms with Crippen LogP contribution in [0.5, 0.6) is 11.6 Å². The summed E-state index contributed by atoms with van der Waals surface area (Å²) in [6, 6.07) is 12.5. The second-order valence-corrected chi connectivity index (χ2v) is 4.02. The van der Waals surface area contributed by atoms with Gasteiger partial charge in [-0.05, 0) is 30.7 Å². The number of ketones is 1. The molecule has 1 aromatic heterocycles. The van der Waals surface area contributed by atoms with Gasteiger partial charge in [0.2, 0.25) is 5.88 Å². The minimum absolute atomic E-state index is 0.0309. The molecular weight excluding hydrogens is 240 g/mol. The quantitative estimate of drug-likeness (QED) is 0.784. The van der Waals surface area contributed by atoms with Crippen molar-refractivity contribution in [3.05, 3.63) is 53.7 Å². The summed E-state index contributed by atoms with van der Waals surface area (Å²) < 4.78 is 5.56. The van der Waals surface area contributed by atoms with Gasteiger partial charge in [-0.25, -0.2) is 4.98 Å². The van der Waals surface area contributed by atoms with Crippen LogP contribution in [0.15, 0.2) is 42.6 Å². The van der Waals surface area contributed by atoms with Gasteiger partial charge in [-0.2, -0.15) is 5.26 Å². The molecule has 4 nitrogen and oxygen atoms in total. The molecule has 0 fully saturated rings. The summed E-state index contributed by atoms with van der Waals surface area (Å²) in [6.07, 6.45) is 1.91. The van der Waals surface area contributed by atoms with Gasteiger partial charge < -0.3 is 4.74 Å². The van der Waals surface area contributed by atoms with E-state index in [0.29, 0.717) is 23.6 Å². The predicted molar refractivity (Wildman–Crippen MR) is 70.1 cm³/mol. The summed E-state index contributed by atoms with van der Waals surface area (Å²) in [5, 5.41) is 8.58. The van der Waals surface area contributed by atoms with E-state index in [4.69, 9.17) is 10.00 Å². The molecule has 0 N–H and O–H groups in total. The van der Waals surface area contributed by atoms with Crippen LogP contribution < -0.4 is 4.74 Å². The molecule has 0 unspecified atom stereocenters. The minimum atomic E-state index is -0.0309. The number of carbonyl (C=O) groups is 1. The van der Waals surface area contributed by atoms with E-state index in [-0.39, 0.29) is 5.78 Å². The lowest BCUT2D eigenvalue weighted by Crippen LogP contribution is -1.94. The number of Topliss-reactive ketones (excluding diaryl/α,β-unsaturated/α-hetero) is 1. The number of rotatable bonds is 4. The van der Waals surface area contributed by atoms with Gasteiger partial charge in [0, 0.05) is 17.8 Å². The summed E-state index contributed by atoms with van der Waals surface area (Å²) in [5.74, 6) is 0.965. The lowest BCUT2D eigenvalue weighted by molar-refractivity contribution is 0.101. The Morgan fingerprint density at radius 1 is 1.32 bits per heavy atom. The summed E-state index contributed by atoms with van der Waals surface area (Å²) in [4.78, 5) is 15.3. The van der Waals surface area contributed by atoms with E-state index in [1.807, 2.05) is 12.1 Å². The van der Waals surface area contributed by atoms with Gasteiger partial charge in [0.15, 0.2) is 5.78 Å². The van der Waals surface area contributed by atoms with Gasteiger partial charge in [0.25, 0.3) is 0 Å². The fourth-order valence-electron chi connectivity index (χ4n) is 1.57. The molecule has 2 aromatic rings. The molecule has 0 aliphatic heterocycles. The second kappa shape index (κ2) is 5.78. The molecule has 0 radical (unpaired) electrons. The van der Waals surface area contributed by atoms with E-state index in [1.54, 1.807) is 24.3 Å². The molecule has 0 bridgehead atoms. The first-order chi connectivity index (χ1) is 9.19. The van der Waals surface area contributed by atoms with Gasteiger partial charge in [0.05, 0.1) is 12.5 Å². The normalized spacial score (nSPS) is 9.68. The smallest absolute Gasteiger partial charge is 0.219 e. The number of benzene rings is 1. The van der Waals surface area contributed by atoms with Crippen LogP contribution in [-0.2, 0) is 6.42 Å². The second-order valence-electron chi connectivity index (χ2n) is 4.02. The summed E-state index contributed by atoms with van der Waals surface area (Å²) in [5.41, 5.74) is 1.49. The van der Waals surface area contributed by atoms with Crippen LogP contribution in [0.1, 0.15) is 22.8 Å². The Hall–Kier alpha value is -2.67. The Bertz CT molecular complexity index is 627. The van der Waals surface area contributed by atoms with E-state index in [1.165, 1.54) is 13.1 Å². The molecule has 4 heteroatoms. The molecule has 2 rings (SSSR count). The Morgan fingerprint density at radius 3 is 2.68 bits per heavy atom. The lowest BCUT2D eigenvalue weighted by Gasteiger charge is -2.05. The Labute approximate surface area is 111 Å². The summed E-state index contributed by atoms with van der Waals surface area (Å²) in [6.45, 7) is 1.50. The predicted octanol–water partition coefficient (Wildman–Crippen LogP) is 3.14. The van der Waals surface area contributed by atoms with Crippen molar-refractivity contribution in [2.75, 3.05) is 0 Å². The Balaban J connectivity index is 2.14. The molecule has 0 saturated heterocycles. The zero-order valence-electron chi connectivity index (χ0n) is 10.5. The fourth-order valence-corrected chi connectivity index (χ4v) is 1.57. The molecule has 0 atom stereocenters. The maximum absolute atomic E-state index is 11.3. The zero-order chi connectivity index (χ0) is 13.7. The number of hydrogen-bond acceptors (Lipinski definition) is 4. The first kappa shape index (κ1) is 12.8. The number of carbonyl (C=O) groups excluding carboxylic acids is 1. The first-order valence-electron chi connectivity index (χ1n) is 5.80. The van der Waals surface area contributed by atoms with E-state index >= 15 is 0 Å². The van der Waals surface area contributed by atoms with Crippen LogP contribution in [0.3, 0.4) is 0 Å². The third kappa shape index (κ3) is 3.39. The molecular formula is C15H12N2O2. The molecule has 1 aromatic carbocycles. The molecule has 0 amide bonds. The van der Waals surface area contributed by atoms with Crippen molar-refractivity contribution in [2.45, 2.75) is 13.3 Å². The molecule has 1 heterocycles. The maximum Gasteiger partial charge on any atom is 0.219 e. The number of ether oxygens (including phenoxy) is 1. The SMILES string of the molecule is CC(=O)c1ccnc(Oc2ccc(CC#N)cc2)c1. The van der Waals surface area contributed by atoms with Gasteiger partial charge in [-0.3, -0.25) is 4.79 Å². The number of hydrogen-bond donors (Lipinski definition) is 0. The van der Waals surface area contributed by atoms with Crippen molar-refractivity contribution in [3.63, 3.8) is 0 Å². The largest absolute Gasteiger partial charge is 0.439 e. The van der Waals surface area contributed by atoms with Crippen LogP contribution in [0.4, 0.5) is 0 Å². The highest BCUT2D eigenvalue weighted by Crippen LogP contribution is 2.20. The van der Waals surface area contributed by atoms with Crippen molar-refractivity contribution >= 4 is 5.78 Å². The van der Waals surface area contributed by atoms with Crippen molar-refractivity contribution in [3.8, 4) is 17.7 Å². The lowest BCUT2D eigenvalue weighted by atomic mass is 10.2. The number of pyridine rings is 1. The van der Waals surface area contributed by atoms with Gasteiger partial charge in [-0.1, -0.05) is 12.1 Å². The summed E-state index contributed by atoms with van der Waals surface area (Å²) >= 11 is 0. The van der Waals surface area contributed by atoms with Gasteiger partial charge in [0.1, 0.15) is 5.75 Å². The molecule has 0 aliphatic carbocycles. The highest BCUT2D eigenvalue weighted by atomic mass is 16.5. The third-order valence-corrected chi connectivity index (χ3v) is 2.57. The Kier molecular flexibility index (Phi) is 3.89. The third-order valence-electron chi connectivity index (χ3n) is 2.57. The van der Waals surface area contributed by atoms with Crippen LogP contribution in [0, 0.1) is 11.3 Å². The molecule has 19 heavy (non-hydrogen) atoms. The van der Waals surface area contributed by atoms with E-state index in [0.717, 1.165) is 5.56 Å². The maximum atomic E-state index is 11.3. The molecule has 94 valence electrons. The monoisotopic (exact) mass is 252 g/mol. The fraction of sp³-hybridized carbons (Fsp3) is 0.133. The van der Waals surface area contributed by atoms with Crippen molar-refractivity contribution in [2.24, 2.45) is 0 Å². The van der Waals surface area contributed by atoms with Crippen LogP contribution >= 0.6 is 0 Å². The minimum Gasteiger partial charge on any atom is -0.439 e. The van der Waals surface area contributed by atoms with Gasteiger partial charge >= 0.3 is 0 Å². The van der Waals surface area contributed by atoms with Crippen molar-refractivity contribution < 1.29 is 9.53 Å². The average molecular weight is 252 g/mol. The van der Waals surface area contributed by atoms with E-state index < -0.39 is 0 Å². The average Bonchev–Trinajstić information content (AvgIpc) is 2.42. The van der Waals surface area contributed by atoms with Crippen LogP contribution in [-0.4, -0.2) is 10.8 Å². The highest BCUT2D eigenvalue weighted by Gasteiger charge is 2.03. The van der Waals surface area contributed by atoms with Crippen LogP contribution in [0.2, 0.25) is 0 Å². The topological polar surface area (TPSA) is 63.0 Å². The highest BCUT2D eigenvalue weighted by molar-refractivity contribution is 5.94.